The number of carbonyl (C=O) groups is 1. The first-order chi connectivity index (χ1) is 6.81. The van der Waals surface area contributed by atoms with Crippen molar-refractivity contribution < 1.29 is 4.79 Å². The third-order valence-electron chi connectivity index (χ3n) is 2.06. The number of para-hydroxylation sites is 2. The third kappa shape index (κ3) is 1.48. The largest absolute Gasteiger partial charge is 0.292 e. The van der Waals surface area contributed by atoms with Crippen molar-refractivity contribution in [2.45, 2.75) is 13.3 Å². The quantitative estimate of drug-likeness (QED) is 0.675. The standard InChI is InChI=1S/C11H10N2O/c1-2-11(14)10-7-12-8-5-3-4-6-9(8)13-10/h3-7H,2H2,1H3. The zero-order chi connectivity index (χ0) is 9.97. The minimum atomic E-state index is 0.0308. The van der Waals surface area contributed by atoms with Gasteiger partial charge >= 0.3 is 0 Å². The number of rotatable bonds is 2. The van der Waals surface area contributed by atoms with Crippen molar-refractivity contribution in [1.29, 1.82) is 0 Å². The lowest BCUT2D eigenvalue weighted by atomic mass is 10.2. The molecule has 0 atom stereocenters. The second-order valence-electron chi connectivity index (χ2n) is 3.02. The van der Waals surface area contributed by atoms with Gasteiger partial charge in [0, 0.05) is 6.42 Å². The molecule has 1 heterocycles. The van der Waals surface area contributed by atoms with Gasteiger partial charge in [-0.15, -0.1) is 0 Å². The van der Waals surface area contributed by atoms with Crippen LogP contribution < -0.4 is 0 Å². The number of benzene rings is 1. The van der Waals surface area contributed by atoms with E-state index in [1.807, 2.05) is 31.2 Å². The summed E-state index contributed by atoms with van der Waals surface area (Å²) in [6, 6.07) is 7.52. The van der Waals surface area contributed by atoms with E-state index in [4.69, 9.17) is 0 Å². The second-order valence-corrected chi connectivity index (χ2v) is 3.02. The van der Waals surface area contributed by atoms with Crippen LogP contribution in [-0.2, 0) is 0 Å². The Morgan fingerprint density at radius 2 is 2.00 bits per heavy atom. The minimum absolute atomic E-state index is 0.0308. The summed E-state index contributed by atoms with van der Waals surface area (Å²) in [5, 5.41) is 0. The van der Waals surface area contributed by atoms with Gasteiger partial charge in [0.1, 0.15) is 5.69 Å². The summed E-state index contributed by atoms with van der Waals surface area (Å²) in [6.07, 6.45) is 2.00. The van der Waals surface area contributed by atoms with Gasteiger partial charge in [0.2, 0.25) is 0 Å². The molecule has 0 fully saturated rings. The highest BCUT2D eigenvalue weighted by Crippen LogP contribution is 2.09. The maximum atomic E-state index is 11.4. The molecule has 0 aliphatic carbocycles. The van der Waals surface area contributed by atoms with Crippen LogP contribution in [0.2, 0.25) is 0 Å². The van der Waals surface area contributed by atoms with Crippen LogP contribution in [0.5, 0.6) is 0 Å². The first-order valence-corrected chi connectivity index (χ1v) is 4.56. The van der Waals surface area contributed by atoms with Gasteiger partial charge in [-0.1, -0.05) is 19.1 Å². The lowest BCUT2D eigenvalue weighted by Crippen LogP contribution is -2.01. The molecule has 1 aromatic heterocycles. The van der Waals surface area contributed by atoms with E-state index in [0.717, 1.165) is 11.0 Å². The molecule has 0 aliphatic rings. The molecule has 3 nitrogen and oxygen atoms in total. The fourth-order valence-corrected chi connectivity index (χ4v) is 1.27. The number of hydrogen-bond acceptors (Lipinski definition) is 3. The zero-order valence-corrected chi connectivity index (χ0v) is 7.90. The van der Waals surface area contributed by atoms with Crippen LogP contribution >= 0.6 is 0 Å². The van der Waals surface area contributed by atoms with Crippen molar-refractivity contribution in [3.05, 3.63) is 36.2 Å². The van der Waals surface area contributed by atoms with Crippen molar-refractivity contribution in [1.82, 2.24) is 9.97 Å². The van der Waals surface area contributed by atoms with E-state index in [1.54, 1.807) is 0 Å². The second kappa shape index (κ2) is 3.54. The van der Waals surface area contributed by atoms with Crippen molar-refractivity contribution in [3.63, 3.8) is 0 Å². The first kappa shape index (κ1) is 8.81. The minimum Gasteiger partial charge on any atom is -0.292 e. The summed E-state index contributed by atoms with van der Waals surface area (Å²) in [4.78, 5) is 19.8. The van der Waals surface area contributed by atoms with Crippen LogP contribution in [0.25, 0.3) is 11.0 Å². The van der Waals surface area contributed by atoms with E-state index in [2.05, 4.69) is 9.97 Å². The summed E-state index contributed by atoms with van der Waals surface area (Å²) >= 11 is 0. The number of hydrogen-bond donors (Lipinski definition) is 0. The van der Waals surface area contributed by atoms with Gasteiger partial charge in [0.15, 0.2) is 5.78 Å². The molecular weight excluding hydrogens is 176 g/mol. The average molecular weight is 186 g/mol. The van der Waals surface area contributed by atoms with Crippen molar-refractivity contribution in [3.8, 4) is 0 Å². The Kier molecular flexibility index (Phi) is 2.23. The van der Waals surface area contributed by atoms with Crippen LogP contribution in [0.15, 0.2) is 30.5 Å². The average Bonchev–Trinajstić information content (AvgIpc) is 2.27. The number of ketones is 1. The third-order valence-corrected chi connectivity index (χ3v) is 2.06. The summed E-state index contributed by atoms with van der Waals surface area (Å²) in [7, 11) is 0. The lowest BCUT2D eigenvalue weighted by molar-refractivity contribution is 0.0983. The van der Waals surface area contributed by atoms with Crippen LogP contribution in [0.4, 0.5) is 0 Å². The Morgan fingerprint density at radius 3 is 2.71 bits per heavy atom. The molecule has 0 saturated heterocycles. The Balaban J connectivity index is 2.56. The fourth-order valence-electron chi connectivity index (χ4n) is 1.27. The topological polar surface area (TPSA) is 42.9 Å². The van der Waals surface area contributed by atoms with Crippen molar-refractivity contribution in [2.24, 2.45) is 0 Å². The van der Waals surface area contributed by atoms with Crippen LogP contribution in [0, 0.1) is 0 Å². The molecule has 2 rings (SSSR count). The van der Waals surface area contributed by atoms with Crippen LogP contribution in [0.1, 0.15) is 23.8 Å². The van der Waals surface area contributed by atoms with Crippen LogP contribution in [-0.4, -0.2) is 15.8 Å². The van der Waals surface area contributed by atoms with Crippen molar-refractivity contribution in [2.75, 3.05) is 0 Å². The molecule has 1 aromatic carbocycles. The molecule has 0 saturated carbocycles. The van der Waals surface area contributed by atoms with Gasteiger partial charge in [-0.2, -0.15) is 0 Å². The number of carbonyl (C=O) groups excluding carboxylic acids is 1. The summed E-state index contributed by atoms with van der Waals surface area (Å²) in [5.41, 5.74) is 2.04. The van der Waals surface area contributed by atoms with Gasteiger partial charge in [0.05, 0.1) is 17.2 Å². The van der Waals surface area contributed by atoms with Gasteiger partial charge in [-0.25, -0.2) is 4.98 Å². The summed E-state index contributed by atoms with van der Waals surface area (Å²) in [5.74, 6) is 0.0308. The van der Waals surface area contributed by atoms with Gasteiger partial charge < -0.3 is 0 Å². The Morgan fingerprint density at radius 1 is 1.29 bits per heavy atom. The maximum Gasteiger partial charge on any atom is 0.182 e. The molecule has 0 bridgehead atoms. The van der Waals surface area contributed by atoms with Crippen molar-refractivity contribution >= 4 is 16.8 Å². The predicted molar refractivity (Wildman–Crippen MR) is 54.2 cm³/mol. The summed E-state index contributed by atoms with van der Waals surface area (Å²) in [6.45, 7) is 1.82. The number of fused-ring (bicyclic) bond motifs is 1. The van der Waals surface area contributed by atoms with E-state index in [0.29, 0.717) is 12.1 Å². The Bertz CT molecular complexity index is 479. The van der Waals surface area contributed by atoms with E-state index in [9.17, 15) is 4.79 Å². The summed E-state index contributed by atoms with van der Waals surface area (Å²) < 4.78 is 0. The SMILES string of the molecule is CCC(=O)c1cnc2ccccc2n1. The molecule has 0 N–H and O–H groups in total. The molecule has 0 amide bonds. The lowest BCUT2D eigenvalue weighted by Gasteiger charge is -1.98. The monoisotopic (exact) mass is 186 g/mol. The Hall–Kier alpha value is -1.77. The fraction of sp³-hybridized carbons (Fsp3) is 0.182. The predicted octanol–water partition coefficient (Wildman–Crippen LogP) is 2.22. The highest BCUT2D eigenvalue weighted by Gasteiger charge is 2.05. The molecule has 14 heavy (non-hydrogen) atoms. The molecule has 0 aliphatic heterocycles. The normalized spacial score (nSPS) is 10.4. The van der Waals surface area contributed by atoms with Gasteiger partial charge in [-0.3, -0.25) is 9.78 Å². The molecule has 0 radical (unpaired) electrons. The zero-order valence-electron chi connectivity index (χ0n) is 7.90. The van der Waals surface area contributed by atoms with Gasteiger partial charge in [0.25, 0.3) is 0 Å². The van der Waals surface area contributed by atoms with Gasteiger partial charge in [-0.05, 0) is 12.1 Å². The number of aromatic nitrogens is 2. The highest BCUT2D eigenvalue weighted by atomic mass is 16.1. The van der Waals surface area contributed by atoms with E-state index in [-0.39, 0.29) is 5.78 Å². The maximum absolute atomic E-state index is 11.4. The van der Waals surface area contributed by atoms with E-state index < -0.39 is 0 Å². The Labute approximate surface area is 81.8 Å². The first-order valence-electron chi connectivity index (χ1n) is 4.56. The molecule has 2 aromatic rings. The smallest absolute Gasteiger partial charge is 0.182 e. The molecule has 0 spiro atoms. The molecular formula is C11H10N2O. The number of Topliss-reactive ketones (excluding diaryl/α,β-unsaturated/α-hetero) is 1. The molecule has 0 unspecified atom stereocenters. The molecule has 70 valence electrons. The molecule has 3 heteroatoms. The van der Waals surface area contributed by atoms with E-state index >= 15 is 0 Å². The number of nitrogens with zero attached hydrogens (tertiary/aromatic N) is 2. The van der Waals surface area contributed by atoms with E-state index in [1.165, 1.54) is 6.20 Å². The van der Waals surface area contributed by atoms with Crippen LogP contribution in [0.3, 0.4) is 0 Å². The highest BCUT2D eigenvalue weighted by molar-refractivity contribution is 5.95.